The van der Waals surface area contributed by atoms with Crippen LogP contribution >= 0.6 is 0 Å². The van der Waals surface area contributed by atoms with Crippen molar-refractivity contribution in [3.8, 4) is 0 Å². The predicted octanol–water partition coefficient (Wildman–Crippen LogP) is 1.05. The second kappa shape index (κ2) is 4.92. The van der Waals surface area contributed by atoms with Crippen molar-refractivity contribution in [2.45, 2.75) is 38.6 Å². The zero-order valence-corrected chi connectivity index (χ0v) is 11.8. The van der Waals surface area contributed by atoms with E-state index in [0.717, 1.165) is 36.8 Å². The maximum absolute atomic E-state index is 12.4. The van der Waals surface area contributed by atoms with E-state index in [1.54, 1.807) is 17.7 Å². The second-order valence-corrected chi connectivity index (χ2v) is 5.33. The Hall–Kier alpha value is -1.85. The minimum Gasteiger partial charge on any atom is -0.357 e. The summed E-state index contributed by atoms with van der Waals surface area (Å²) >= 11 is 0. The highest BCUT2D eigenvalue weighted by Gasteiger charge is 2.22. The fraction of sp³-hybridized carbons (Fsp3) is 0.500. The van der Waals surface area contributed by atoms with Crippen molar-refractivity contribution in [2.75, 3.05) is 12.4 Å². The van der Waals surface area contributed by atoms with E-state index >= 15 is 0 Å². The van der Waals surface area contributed by atoms with E-state index in [-0.39, 0.29) is 17.1 Å². The summed E-state index contributed by atoms with van der Waals surface area (Å²) in [5, 5.41) is 3.80. The number of hydrogen-bond acceptors (Lipinski definition) is 4. The minimum atomic E-state index is -0.135. The molecule has 1 saturated carbocycles. The van der Waals surface area contributed by atoms with E-state index in [1.165, 1.54) is 0 Å². The van der Waals surface area contributed by atoms with Gasteiger partial charge in [-0.25, -0.2) is 4.98 Å². The maximum Gasteiger partial charge on any atom is 0.245 e. The lowest BCUT2D eigenvalue weighted by atomic mass is 9.96. The largest absolute Gasteiger partial charge is 0.357 e. The first-order valence-electron chi connectivity index (χ1n) is 6.99. The van der Waals surface area contributed by atoms with Gasteiger partial charge < -0.3 is 5.32 Å². The number of aryl methyl sites for hydroxylation is 1. The van der Waals surface area contributed by atoms with Crippen LogP contribution in [0, 0.1) is 6.92 Å². The molecule has 2 aromatic rings. The van der Waals surface area contributed by atoms with E-state index in [1.807, 2.05) is 6.92 Å². The number of nitrogens with one attached hydrogen (secondary N) is 1. The maximum atomic E-state index is 12.4. The number of aromatic nitrogens is 3. The van der Waals surface area contributed by atoms with Gasteiger partial charge in [0.25, 0.3) is 0 Å². The summed E-state index contributed by atoms with van der Waals surface area (Å²) in [5.74, 6) is 0.533. The van der Waals surface area contributed by atoms with E-state index in [9.17, 15) is 4.79 Å². The second-order valence-electron chi connectivity index (χ2n) is 5.33. The van der Waals surface area contributed by atoms with Gasteiger partial charge in [-0.05, 0) is 25.2 Å². The van der Waals surface area contributed by atoms with Crippen molar-refractivity contribution in [1.29, 1.82) is 0 Å². The Balaban J connectivity index is 2.37. The topological polar surface area (TPSA) is 59.8 Å². The van der Waals surface area contributed by atoms with Crippen LogP contribution in [0.5, 0.6) is 0 Å². The zero-order valence-electron chi connectivity index (χ0n) is 11.8. The quantitative estimate of drug-likeness (QED) is 0.827. The molecule has 102 valence electrons. The zero-order chi connectivity index (χ0) is 14.3. The highest BCUT2D eigenvalue weighted by molar-refractivity contribution is 6.32. The molecule has 0 atom stereocenters. The van der Waals surface area contributed by atoms with Crippen LogP contribution in [0.3, 0.4) is 0 Å². The molecule has 0 bridgehead atoms. The van der Waals surface area contributed by atoms with Gasteiger partial charge in [-0.3, -0.25) is 9.36 Å². The molecule has 0 unspecified atom stereocenters. The Kier molecular flexibility index (Phi) is 3.24. The van der Waals surface area contributed by atoms with Crippen LogP contribution in [0.1, 0.15) is 37.4 Å². The molecular formula is C14H17BN4O. The van der Waals surface area contributed by atoms with Crippen molar-refractivity contribution >= 4 is 30.3 Å². The third kappa shape index (κ3) is 1.99. The third-order valence-electron chi connectivity index (χ3n) is 4.02. The normalized spacial score (nSPS) is 15.9. The molecule has 0 saturated heterocycles. The van der Waals surface area contributed by atoms with E-state index in [4.69, 9.17) is 7.85 Å². The summed E-state index contributed by atoms with van der Waals surface area (Å²) in [6.45, 7) is 1.91. The van der Waals surface area contributed by atoms with Gasteiger partial charge >= 0.3 is 0 Å². The first kappa shape index (κ1) is 13.2. The molecule has 0 aliphatic heterocycles. The Bertz CT molecular complexity index is 719. The Morgan fingerprint density at radius 3 is 2.70 bits per heavy atom. The first-order valence-corrected chi connectivity index (χ1v) is 6.99. The summed E-state index contributed by atoms with van der Waals surface area (Å²) in [6, 6.07) is 1.89. The Morgan fingerprint density at radius 2 is 2.05 bits per heavy atom. The fourth-order valence-electron chi connectivity index (χ4n) is 2.98. The number of hydrogen-bond donors (Lipinski definition) is 1. The molecular weight excluding hydrogens is 251 g/mol. The first-order chi connectivity index (χ1) is 9.61. The molecule has 2 radical (unpaired) electrons. The predicted molar refractivity (Wildman–Crippen MR) is 81.0 cm³/mol. The van der Waals surface area contributed by atoms with Gasteiger partial charge in [-0.15, -0.1) is 0 Å². The van der Waals surface area contributed by atoms with Gasteiger partial charge in [0.15, 0.2) is 0 Å². The number of anilines is 1. The van der Waals surface area contributed by atoms with Gasteiger partial charge in [0.2, 0.25) is 11.5 Å². The monoisotopic (exact) mass is 268 g/mol. The summed E-state index contributed by atoms with van der Waals surface area (Å²) < 4.78 is 1.77. The van der Waals surface area contributed by atoms with E-state index in [0.29, 0.717) is 11.6 Å². The van der Waals surface area contributed by atoms with Crippen LogP contribution in [0.2, 0.25) is 0 Å². The Labute approximate surface area is 118 Å². The SMILES string of the molecule is [B]c1cc2c(C)nc(NC)nc2n(C2CCCC2)c1=O. The fourth-order valence-corrected chi connectivity index (χ4v) is 2.98. The van der Waals surface area contributed by atoms with Crippen LogP contribution in [0.15, 0.2) is 10.9 Å². The number of fused-ring (bicyclic) bond motifs is 1. The van der Waals surface area contributed by atoms with Crippen LogP contribution in [-0.4, -0.2) is 29.4 Å². The van der Waals surface area contributed by atoms with Crippen LogP contribution in [-0.2, 0) is 0 Å². The Morgan fingerprint density at radius 1 is 1.35 bits per heavy atom. The van der Waals surface area contributed by atoms with Crippen molar-refractivity contribution in [3.05, 3.63) is 22.1 Å². The highest BCUT2D eigenvalue weighted by Crippen LogP contribution is 2.30. The van der Waals surface area contributed by atoms with Crippen LogP contribution in [0.25, 0.3) is 11.0 Å². The van der Waals surface area contributed by atoms with Crippen molar-refractivity contribution < 1.29 is 0 Å². The van der Waals surface area contributed by atoms with Gasteiger partial charge in [0.05, 0.1) is 5.69 Å². The molecule has 0 amide bonds. The van der Waals surface area contributed by atoms with Crippen molar-refractivity contribution in [1.82, 2.24) is 14.5 Å². The summed E-state index contributed by atoms with van der Waals surface area (Å²) in [5.41, 5.74) is 1.66. The molecule has 1 N–H and O–H groups in total. The number of pyridine rings is 1. The molecule has 2 aromatic heterocycles. The average Bonchev–Trinajstić information content (AvgIpc) is 2.94. The highest BCUT2D eigenvalue weighted by atomic mass is 16.1. The smallest absolute Gasteiger partial charge is 0.245 e. The van der Waals surface area contributed by atoms with E-state index in [2.05, 4.69) is 15.3 Å². The van der Waals surface area contributed by atoms with Gasteiger partial charge in [-0.1, -0.05) is 18.9 Å². The minimum absolute atomic E-state index is 0.135. The van der Waals surface area contributed by atoms with Gasteiger partial charge in [0, 0.05) is 18.5 Å². The van der Waals surface area contributed by atoms with Crippen molar-refractivity contribution in [2.24, 2.45) is 0 Å². The molecule has 5 nitrogen and oxygen atoms in total. The average molecular weight is 268 g/mol. The molecule has 20 heavy (non-hydrogen) atoms. The molecule has 2 heterocycles. The molecule has 1 aliphatic carbocycles. The van der Waals surface area contributed by atoms with Crippen molar-refractivity contribution in [3.63, 3.8) is 0 Å². The molecule has 1 aliphatic rings. The van der Waals surface area contributed by atoms with Crippen LogP contribution in [0.4, 0.5) is 5.95 Å². The molecule has 3 rings (SSSR count). The lowest BCUT2D eigenvalue weighted by Crippen LogP contribution is -2.36. The standard InChI is InChI=1S/C14H17BN4O/c1-8-10-7-11(15)13(20)19(9-5-3-4-6-9)12(10)18-14(16-2)17-8/h7,9H,3-6H2,1-2H3,(H,16,17,18). The van der Waals surface area contributed by atoms with Crippen LogP contribution < -0.4 is 16.3 Å². The third-order valence-corrected chi connectivity index (χ3v) is 4.02. The van der Waals surface area contributed by atoms with Gasteiger partial charge in [-0.2, -0.15) is 4.98 Å². The summed E-state index contributed by atoms with van der Waals surface area (Å²) in [7, 11) is 7.66. The molecule has 6 heteroatoms. The number of rotatable bonds is 2. The summed E-state index contributed by atoms with van der Waals surface area (Å²) in [4.78, 5) is 21.3. The molecule has 0 spiro atoms. The van der Waals surface area contributed by atoms with E-state index < -0.39 is 0 Å². The molecule has 0 aromatic carbocycles. The molecule has 1 fully saturated rings. The number of nitrogens with zero attached hydrogens (tertiary/aromatic N) is 3. The lowest BCUT2D eigenvalue weighted by molar-refractivity contribution is 0.517. The lowest BCUT2D eigenvalue weighted by Gasteiger charge is -2.18. The summed E-state index contributed by atoms with van der Waals surface area (Å²) in [6.07, 6.45) is 4.32. The van der Waals surface area contributed by atoms with Gasteiger partial charge in [0.1, 0.15) is 13.5 Å².